The lowest BCUT2D eigenvalue weighted by Crippen LogP contribution is -2.31. The molecule has 0 bridgehead atoms. The Morgan fingerprint density at radius 3 is 2.60 bits per heavy atom. The number of nitrogens with zero attached hydrogens (tertiary/aromatic N) is 2. The number of carbonyl (C=O) groups is 2. The molecule has 1 aromatic heterocycles. The molecule has 0 radical (unpaired) electrons. The van der Waals surface area contributed by atoms with Gasteiger partial charge in [0, 0.05) is 33.1 Å². The van der Waals surface area contributed by atoms with E-state index in [1.165, 1.54) is 4.90 Å². The molecule has 0 aliphatic carbocycles. The van der Waals surface area contributed by atoms with E-state index in [4.69, 9.17) is 5.73 Å². The Morgan fingerprint density at radius 1 is 1.40 bits per heavy atom. The van der Waals surface area contributed by atoms with Crippen LogP contribution in [-0.4, -0.2) is 47.8 Å². The van der Waals surface area contributed by atoms with Crippen LogP contribution in [0.2, 0.25) is 0 Å². The van der Waals surface area contributed by atoms with E-state index in [1.54, 1.807) is 14.1 Å². The molecule has 8 heteroatoms. The summed E-state index contributed by atoms with van der Waals surface area (Å²) in [5.74, 6) is -0.0366. The fourth-order valence-electron chi connectivity index (χ4n) is 1.48. The lowest BCUT2D eigenvalue weighted by molar-refractivity contribution is -0.128. The number of aromatic nitrogens is 1. The van der Waals surface area contributed by atoms with Crippen molar-refractivity contribution in [2.75, 3.05) is 31.7 Å². The third-order valence-electron chi connectivity index (χ3n) is 2.49. The van der Waals surface area contributed by atoms with Gasteiger partial charge >= 0.3 is 0 Å². The minimum absolute atomic E-state index is 0.0168. The Hall–Kier alpha value is -1.83. The second-order valence-electron chi connectivity index (χ2n) is 4.87. The summed E-state index contributed by atoms with van der Waals surface area (Å²) in [4.78, 5) is 25.0. The van der Waals surface area contributed by atoms with Gasteiger partial charge in [-0.2, -0.15) is 4.37 Å². The molecule has 0 unspecified atom stereocenters. The lowest BCUT2D eigenvalue weighted by Gasteiger charge is -2.12. The van der Waals surface area contributed by atoms with Crippen molar-refractivity contribution in [2.24, 2.45) is 0 Å². The van der Waals surface area contributed by atoms with E-state index in [0.717, 1.165) is 11.5 Å². The molecule has 0 spiro atoms. The summed E-state index contributed by atoms with van der Waals surface area (Å²) in [5.41, 5.74) is 6.07. The third-order valence-corrected chi connectivity index (χ3v) is 3.31. The zero-order valence-electron chi connectivity index (χ0n) is 12.2. The van der Waals surface area contributed by atoms with Crippen LogP contribution in [0.25, 0.3) is 0 Å². The lowest BCUT2D eigenvalue weighted by atomic mass is 10.2. The summed E-state index contributed by atoms with van der Waals surface area (Å²) < 4.78 is 3.98. The Balaban J connectivity index is 2.67. The quantitative estimate of drug-likeness (QED) is 0.720. The third kappa shape index (κ3) is 4.37. The molecule has 0 aromatic carbocycles. The molecule has 0 saturated heterocycles. The zero-order valence-corrected chi connectivity index (χ0v) is 13.0. The SMILES string of the molecule is CC(C)NC(=O)c1c(N)nsc1NCCC(=O)N(C)C. The minimum Gasteiger partial charge on any atom is -0.382 e. The maximum atomic E-state index is 12.0. The average Bonchev–Trinajstić information content (AvgIpc) is 2.69. The first-order valence-corrected chi connectivity index (χ1v) is 7.10. The number of nitrogens with two attached hydrogens (primary N) is 1. The molecule has 7 nitrogen and oxygen atoms in total. The molecule has 4 N–H and O–H groups in total. The van der Waals surface area contributed by atoms with Crippen molar-refractivity contribution < 1.29 is 9.59 Å². The molecule has 0 saturated carbocycles. The highest BCUT2D eigenvalue weighted by molar-refractivity contribution is 7.11. The maximum absolute atomic E-state index is 12.0. The molecule has 2 amide bonds. The molecule has 20 heavy (non-hydrogen) atoms. The number of rotatable bonds is 6. The van der Waals surface area contributed by atoms with Gasteiger partial charge in [0.2, 0.25) is 5.91 Å². The van der Waals surface area contributed by atoms with Gasteiger partial charge in [-0.3, -0.25) is 9.59 Å². The molecule has 1 rings (SSSR count). The molecular weight excluding hydrogens is 278 g/mol. The Bertz CT molecular complexity index is 484. The largest absolute Gasteiger partial charge is 0.382 e. The Morgan fingerprint density at radius 2 is 2.05 bits per heavy atom. The van der Waals surface area contributed by atoms with E-state index in [9.17, 15) is 9.59 Å². The minimum atomic E-state index is -0.257. The average molecular weight is 299 g/mol. The van der Waals surface area contributed by atoms with E-state index >= 15 is 0 Å². The zero-order chi connectivity index (χ0) is 15.3. The number of nitrogens with one attached hydrogen (secondary N) is 2. The van der Waals surface area contributed by atoms with Crippen molar-refractivity contribution in [2.45, 2.75) is 26.3 Å². The molecule has 112 valence electrons. The molecule has 0 aliphatic rings. The van der Waals surface area contributed by atoms with Crippen molar-refractivity contribution in [1.82, 2.24) is 14.6 Å². The normalized spacial score (nSPS) is 10.4. The molecule has 0 atom stereocenters. The molecule has 0 aliphatic heterocycles. The van der Waals surface area contributed by atoms with Gasteiger partial charge in [-0.1, -0.05) is 0 Å². The second-order valence-corrected chi connectivity index (χ2v) is 5.64. The highest BCUT2D eigenvalue weighted by atomic mass is 32.1. The predicted molar refractivity (Wildman–Crippen MR) is 80.9 cm³/mol. The van der Waals surface area contributed by atoms with Gasteiger partial charge in [0.15, 0.2) is 5.82 Å². The van der Waals surface area contributed by atoms with E-state index in [2.05, 4.69) is 15.0 Å². The highest BCUT2D eigenvalue weighted by Crippen LogP contribution is 2.26. The van der Waals surface area contributed by atoms with Crippen molar-refractivity contribution in [3.8, 4) is 0 Å². The summed E-state index contributed by atoms with van der Waals surface area (Å²) in [6.45, 7) is 4.17. The van der Waals surface area contributed by atoms with Gasteiger partial charge in [0.25, 0.3) is 5.91 Å². The summed E-state index contributed by atoms with van der Waals surface area (Å²) in [6.07, 6.45) is 0.343. The van der Waals surface area contributed by atoms with Gasteiger partial charge in [-0.25, -0.2) is 0 Å². The van der Waals surface area contributed by atoms with Crippen LogP contribution >= 0.6 is 11.5 Å². The standard InChI is InChI=1S/C12H21N5O2S/c1-7(2)15-11(19)9-10(13)16-20-12(9)14-6-5-8(18)17(3)4/h7,14H,5-6H2,1-4H3,(H2,13,16)(H,15,19). The van der Waals surface area contributed by atoms with Crippen LogP contribution in [0.1, 0.15) is 30.6 Å². The van der Waals surface area contributed by atoms with E-state index in [0.29, 0.717) is 23.5 Å². The number of nitrogen functional groups attached to an aromatic ring is 1. The molecular formula is C12H21N5O2S. The van der Waals surface area contributed by atoms with Crippen LogP contribution in [0.3, 0.4) is 0 Å². The fraction of sp³-hybridized carbons (Fsp3) is 0.583. The van der Waals surface area contributed by atoms with Gasteiger partial charge in [0.05, 0.1) is 0 Å². The van der Waals surface area contributed by atoms with Gasteiger partial charge < -0.3 is 21.3 Å². The number of carbonyl (C=O) groups excluding carboxylic acids is 2. The van der Waals surface area contributed by atoms with Gasteiger partial charge in [-0.05, 0) is 25.4 Å². The van der Waals surface area contributed by atoms with Gasteiger partial charge in [-0.15, -0.1) is 0 Å². The van der Waals surface area contributed by atoms with Crippen LogP contribution in [0.4, 0.5) is 10.8 Å². The smallest absolute Gasteiger partial charge is 0.258 e. The molecule has 0 fully saturated rings. The fourth-order valence-corrected chi connectivity index (χ4v) is 2.22. The van der Waals surface area contributed by atoms with Crippen molar-refractivity contribution in [3.63, 3.8) is 0 Å². The Kier molecular flexibility index (Phi) is 5.75. The first-order chi connectivity index (χ1) is 9.32. The van der Waals surface area contributed by atoms with E-state index in [1.807, 2.05) is 13.8 Å². The van der Waals surface area contributed by atoms with Crippen molar-refractivity contribution >= 4 is 34.2 Å². The Labute approximate surface area is 122 Å². The van der Waals surface area contributed by atoms with Crippen LogP contribution in [0.15, 0.2) is 0 Å². The molecule has 1 heterocycles. The van der Waals surface area contributed by atoms with E-state index in [-0.39, 0.29) is 23.7 Å². The maximum Gasteiger partial charge on any atom is 0.258 e. The van der Waals surface area contributed by atoms with Crippen molar-refractivity contribution in [1.29, 1.82) is 0 Å². The van der Waals surface area contributed by atoms with Crippen LogP contribution < -0.4 is 16.4 Å². The predicted octanol–water partition coefficient (Wildman–Crippen LogP) is 0.754. The summed E-state index contributed by atoms with van der Waals surface area (Å²) >= 11 is 1.12. The summed E-state index contributed by atoms with van der Waals surface area (Å²) in [5, 5.41) is 6.41. The first kappa shape index (κ1) is 16.2. The summed E-state index contributed by atoms with van der Waals surface area (Å²) in [6, 6.07) is 0.0185. The monoisotopic (exact) mass is 299 g/mol. The van der Waals surface area contributed by atoms with E-state index < -0.39 is 0 Å². The summed E-state index contributed by atoms with van der Waals surface area (Å²) in [7, 11) is 3.41. The number of amides is 2. The topological polar surface area (TPSA) is 100 Å². The molecule has 1 aromatic rings. The van der Waals surface area contributed by atoms with Gasteiger partial charge in [0.1, 0.15) is 10.6 Å². The number of hydrogen-bond acceptors (Lipinski definition) is 6. The van der Waals surface area contributed by atoms with Crippen LogP contribution in [0, 0.1) is 0 Å². The van der Waals surface area contributed by atoms with Crippen molar-refractivity contribution in [3.05, 3.63) is 5.56 Å². The number of anilines is 2. The number of hydrogen-bond donors (Lipinski definition) is 3. The van der Waals surface area contributed by atoms with Crippen LogP contribution in [-0.2, 0) is 4.79 Å². The highest BCUT2D eigenvalue weighted by Gasteiger charge is 2.19. The second kappa shape index (κ2) is 7.09. The van der Waals surface area contributed by atoms with Crippen LogP contribution in [0.5, 0.6) is 0 Å². The first-order valence-electron chi connectivity index (χ1n) is 6.33.